The van der Waals surface area contributed by atoms with E-state index in [-0.39, 0.29) is 5.02 Å². The average molecular weight is 243 g/mol. The van der Waals surface area contributed by atoms with E-state index in [9.17, 15) is 12.3 Å². The minimum atomic E-state index is -4.76. The van der Waals surface area contributed by atoms with E-state index < -0.39 is 15.1 Å². The maximum atomic E-state index is 12.5. The van der Waals surface area contributed by atoms with E-state index in [0.29, 0.717) is 10.6 Å². The zero-order chi connectivity index (χ0) is 10.2. The van der Waals surface area contributed by atoms with Crippen molar-refractivity contribution in [2.24, 2.45) is 0 Å². The fraction of sp³-hybridized carbons (Fsp3) is 0.143. The highest BCUT2D eigenvalue weighted by Gasteiger charge is 2.18. The summed E-state index contributed by atoms with van der Waals surface area (Å²) in [5.41, 5.74) is 0.349. The Morgan fingerprint density at radius 1 is 1.31 bits per heavy atom. The van der Waals surface area contributed by atoms with Gasteiger partial charge in [0.05, 0.1) is 5.02 Å². The van der Waals surface area contributed by atoms with E-state index in [0.717, 1.165) is 6.07 Å². The van der Waals surface area contributed by atoms with Crippen molar-refractivity contribution in [3.05, 3.63) is 27.7 Å². The van der Waals surface area contributed by atoms with E-state index in [1.54, 1.807) is 0 Å². The van der Waals surface area contributed by atoms with Crippen LogP contribution in [0.3, 0.4) is 0 Å². The smallest absolute Gasteiger partial charge is 0.189 e. The van der Waals surface area contributed by atoms with Gasteiger partial charge in [-0.15, -0.1) is 3.89 Å². The van der Waals surface area contributed by atoms with Gasteiger partial charge in [-0.25, -0.2) is 0 Å². The van der Waals surface area contributed by atoms with E-state index in [1.165, 1.54) is 13.0 Å². The highest BCUT2D eigenvalue weighted by molar-refractivity contribution is 7.86. The number of benzene rings is 1. The maximum Gasteiger partial charge on any atom is 0.333 e. The summed E-state index contributed by atoms with van der Waals surface area (Å²) in [7, 11) is -4.76. The first-order valence-electron chi connectivity index (χ1n) is 3.23. The first-order valence-corrected chi connectivity index (χ1v) is 5.37. The van der Waals surface area contributed by atoms with Crippen molar-refractivity contribution in [2.45, 2.75) is 11.8 Å². The Morgan fingerprint density at radius 3 is 2.31 bits per heavy atom. The fourth-order valence-electron chi connectivity index (χ4n) is 0.825. The third-order valence-electron chi connectivity index (χ3n) is 1.55. The molecule has 13 heavy (non-hydrogen) atoms. The predicted molar refractivity (Wildman–Crippen MR) is 49.5 cm³/mol. The van der Waals surface area contributed by atoms with Gasteiger partial charge in [0.1, 0.15) is 4.90 Å². The Balaban J connectivity index is 3.53. The Hall–Kier alpha value is -0.320. The summed E-state index contributed by atoms with van der Waals surface area (Å²) in [6, 6.07) is 2.32. The molecule has 1 rings (SSSR count). The van der Waals surface area contributed by atoms with Gasteiger partial charge in [-0.2, -0.15) is 8.42 Å². The first kappa shape index (κ1) is 10.8. The molecule has 0 aromatic heterocycles. The average Bonchev–Trinajstić information content (AvgIpc) is 1.98. The van der Waals surface area contributed by atoms with Crippen LogP contribution in [0.4, 0.5) is 3.89 Å². The molecule has 1 aromatic carbocycles. The molecule has 2 nitrogen and oxygen atoms in total. The molecule has 0 fully saturated rings. The van der Waals surface area contributed by atoms with Crippen LogP contribution >= 0.6 is 23.2 Å². The molecule has 6 heteroatoms. The largest absolute Gasteiger partial charge is 0.333 e. The van der Waals surface area contributed by atoms with Gasteiger partial charge in [-0.05, 0) is 24.6 Å². The monoisotopic (exact) mass is 242 g/mol. The third kappa shape index (κ3) is 2.13. The van der Waals surface area contributed by atoms with Gasteiger partial charge >= 0.3 is 10.2 Å². The summed E-state index contributed by atoms with van der Waals surface area (Å²) in [6.07, 6.45) is 0. The van der Waals surface area contributed by atoms with Crippen molar-refractivity contribution >= 4 is 33.4 Å². The predicted octanol–water partition coefficient (Wildman–Crippen LogP) is 2.96. The van der Waals surface area contributed by atoms with Gasteiger partial charge < -0.3 is 0 Å². The first-order chi connectivity index (χ1) is 5.84. The Morgan fingerprint density at radius 2 is 1.85 bits per heavy atom. The van der Waals surface area contributed by atoms with Crippen LogP contribution in [0.5, 0.6) is 0 Å². The highest BCUT2D eigenvalue weighted by atomic mass is 35.5. The van der Waals surface area contributed by atoms with E-state index in [1.807, 2.05) is 0 Å². The van der Waals surface area contributed by atoms with E-state index >= 15 is 0 Å². The van der Waals surface area contributed by atoms with Crippen LogP contribution in [0.25, 0.3) is 0 Å². The van der Waals surface area contributed by atoms with E-state index in [2.05, 4.69) is 0 Å². The van der Waals surface area contributed by atoms with Crippen molar-refractivity contribution in [3.63, 3.8) is 0 Å². The summed E-state index contributed by atoms with van der Waals surface area (Å²) in [4.78, 5) is -0.545. The quantitative estimate of drug-likeness (QED) is 0.710. The van der Waals surface area contributed by atoms with Crippen molar-refractivity contribution in [1.29, 1.82) is 0 Å². The second kappa shape index (κ2) is 3.44. The minimum absolute atomic E-state index is 0.171. The summed E-state index contributed by atoms with van der Waals surface area (Å²) in [6.45, 7) is 1.51. The molecule has 0 radical (unpaired) electrons. The number of rotatable bonds is 1. The molecule has 0 bridgehead atoms. The number of hydrogen-bond donors (Lipinski definition) is 0. The van der Waals surface area contributed by atoms with Gasteiger partial charge in [-0.3, -0.25) is 0 Å². The summed E-state index contributed by atoms with van der Waals surface area (Å²) in [5, 5.41) is 0.132. The molecule has 0 aliphatic carbocycles. The van der Waals surface area contributed by atoms with Crippen LogP contribution in [-0.4, -0.2) is 8.42 Å². The SMILES string of the molecule is Cc1c(Cl)ccc(S(=O)(=O)F)c1Cl. The zero-order valence-electron chi connectivity index (χ0n) is 6.51. The standard InChI is InChI=1S/C7H5Cl2FO2S/c1-4-5(8)2-3-6(7(4)9)13(10,11)12/h2-3H,1H3. The van der Waals surface area contributed by atoms with Crippen LogP contribution < -0.4 is 0 Å². The molecule has 0 atom stereocenters. The lowest BCUT2D eigenvalue weighted by Gasteiger charge is -2.03. The molecule has 0 amide bonds. The molecule has 1 aromatic rings. The van der Waals surface area contributed by atoms with Crippen molar-refractivity contribution < 1.29 is 12.3 Å². The molecule has 0 aliphatic rings. The van der Waals surface area contributed by atoms with Crippen LogP contribution in [0.2, 0.25) is 10.0 Å². The summed E-state index contributed by atoms with van der Waals surface area (Å²) >= 11 is 11.2. The van der Waals surface area contributed by atoms with Crippen molar-refractivity contribution in [3.8, 4) is 0 Å². The molecule has 0 saturated heterocycles. The third-order valence-corrected chi connectivity index (χ3v) is 3.42. The molecule has 0 saturated carbocycles. The Bertz CT molecular complexity index is 442. The Kier molecular flexibility index (Phi) is 2.85. The molecule has 0 spiro atoms. The second-order valence-electron chi connectivity index (χ2n) is 2.42. The molecule has 72 valence electrons. The lowest BCUT2D eigenvalue weighted by Crippen LogP contribution is -1.94. The van der Waals surface area contributed by atoms with Crippen molar-refractivity contribution in [1.82, 2.24) is 0 Å². The van der Waals surface area contributed by atoms with Crippen LogP contribution in [0, 0.1) is 6.92 Å². The summed E-state index contributed by atoms with van der Waals surface area (Å²) in [5.74, 6) is 0. The normalized spacial score (nSPS) is 11.7. The molecule has 0 heterocycles. The molecule has 0 unspecified atom stereocenters. The molecule has 0 aliphatic heterocycles. The van der Waals surface area contributed by atoms with Gasteiger partial charge in [0.25, 0.3) is 0 Å². The molecular formula is C7H5Cl2FO2S. The zero-order valence-corrected chi connectivity index (χ0v) is 8.84. The topological polar surface area (TPSA) is 34.1 Å². The fourth-order valence-corrected chi connectivity index (χ4v) is 2.07. The van der Waals surface area contributed by atoms with Crippen molar-refractivity contribution in [2.75, 3.05) is 0 Å². The minimum Gasteiger partial charge on any atom is -0.189 e. The highest BCUT2D eigenvalue weighted by Crippen LogP contribution is 2.30. The van der Waals surface area contributed by atoms with E-state index in [4.69, 9.17) is 23.2 Å². The number of hydrogen-bond acceptors (Lipinski definition) is 2. The van der Waals surface area contributed by atoms with Gasteiger partial charge in [0.15, 0.2) is 0 Å². The van der Waals surface area contributed by atoms with Gasteiger partial charge in [0.2, 0.25) is 0 Å². The lowest BCUT2D eigenvalue weighted by molar-refractivity contribution is 0.552. The lowest BCUT2D eigenvalue weighted by atomic mass is 10.2. The second-order valence-corrected chi connectivity index (χ2v) is 4.52. The maximum absolute atomic E-state index is 12.5. The van der Waals surface area contributed by atoms with Crippen LogP contribution in [0.1, 0.15) is 5.56 Å². The van der Waals surface area contributed by atoms with Gasteiger partial charge in [0, 0.05) is 5.02 Å². The van der Waals surface area contributed by atoms with Crippen LogP contribution in [0.15, 0.2) is 17.0 Å². The molecule has 0 N–H and O–H groups in total. The molecular weight excluding hydrogens is 238 g/mol. The number of halogens is 3. The summed E-state index contributed by atoms with van der Waals surface area (Å²) < 4.78 is 33.6. The van der Waals surface area contributed by atoms with Gasteiger partial charge in [-0.1, -0.05) is 23.2 Å². The Labute approximate surface area is 85.5 Å². The van der Waals surface area contributed by atoms with Crippen LogP contribution in [-0.2, 0) is 10.2 Å².